The van der Waals surface area contributed by atoms with Crippen LogP contribution < -0.4 is 10.6 Å². The second kappa shape index (κ2) is 16.4. The first kappa shape index (κ1) is 32.5. The molecule has 0 aliphatic carbocycles. The second-order valence-electron chi connectivity index (χ2n) is 10.3. The summed E-state index contributed by atoms with van der Waals surface area (Å²) in [6.45, 7) is 15.7. The molecular weight excluding hydrogens is 486 g/mol. The molecule has 208 valence electrons. The van der Waals surface area contributed by atoms with Gasteiger partial charge in [0.15, 0.2) is 0 Å². The summed E-state index contributed by atoms with van der Waals surface area (Å²) in [6.07, 6.45) is 6.81. The van der Waals surface area contributed by atoms with Crippen LogP contribution in [-0.4, -0.2) is 59.0 Å². The van der Waals surface area contributed by atoms with Gasteiger partial charge in [-0.3, -0.25) is 9.59 Å². The molecule has 8 heteroatoms. The van der Waals surface area contributed by atoms with Gasteiger partial charge in [-0.15, -0.1) is 0 Å². The Kier molecular flexibility index (Phi) is 14.4. The zero-order valence-electron chi connectivity index (χ0n) is 23.8. The van der Waals surface area contributed by atoms with E-state index in [0.717, 1.165) is 31.2 Å². The highest BCUT2D eigenvalue weighted by Gasteiger charge is 2.36. The summed E-state index contributed by atoms with van der Waals surface area (Å²) in [5.41, 5.74) is 0.886. The van der Waals surface area contributed by atoms with Gasteiger partial charge in [0.05, 0.1) is 0 Å². The molecule has 0 saturated heterocycles. The molecule has 3 amide bonds. The number of carbonyl (C=O) groups excluding carboxylic acids is 3. The first-order valence-electron chi connectivity index (χ1n) is 13.3. The number of hydrogen-bond donors (Lipinski definition) is 2. The molecule has 3 atom stereocenters. The number of alkyl carbamates (subject to hydrolysis) is 1. The zero-order valence-corrected chi connectivity index (χ0v) is 24.6. The predicted octanol–water partition coefficient (Wildman–Crippen LogP) is 5.95. The molecule has 1 aromatic rings. The van der Waals surface area contributed by atoms with Crippen molar-refractivity contribution in [3.8, 4) is 0 Å². The lowest BCUT2D eigenvalue weighted by atomic mass is 9.99. The Hall–Kier alpha value is -2.48. The normalized spacial score (nSPS) is 13.7. The molecule has 1 rings (SSSR count). The average molecular weight is 534 g/mol. The molecule has 0 aliphatic rings. The lowest BCUT2D eigenvalue weighted by Crippen LogP contribution is -2.54. The average Bonchev–Trinajstić information content (AvgIpc) is 2.82. The minimum atomic E-state index is -0.838. The number of ether oxygens (including phenoxy) is 1. The minimum absolute atomic E-state index is 0.0297. The molecule has 0 aliphatic heterocycles. The summed E-state index contributed by atoms with van der Waals surface area (Å²) in [5, 5.41) is 5.89. The predicted molar refractivity (Wildman–Crippen MR) is 155 cm³/mol. The number of carbonyl (C=O) groups is 3. The summed E-state index contributed by atoms with van der Waals surface area (Å²) < 4.78 is 5.44. The van der Waals surface area contributed by atoms with E-state index in [1.807, 2.05) is 44.4 Å². The molecule has 0 bridgehead atoms. The van der Waals surface area contributed by atoms with E-state index in [-0.39, 0.29) is 17.9 Å². The van der Waals surface area contributed by atoms with Crippen molar-refractivity contribution in [3.63, 3.8) is 0 Å². The SMILES string of the molecule is C=Cc1cccc(C(C(=O)NC(C)CCC)N(CCCC)C(=O)C(CCSC)NC(=O)OC(C)(C)C)c1. The van der Waals surface area contributed by atoms with Crippen LogP contribution in [0.25, 0.3) is 6.08 Å². The third-order valence-electron chi connectivity index (χ3n) is 5.77. The summed E-state index contributed by atoms with van der Waals surface area (Å²) in [5.74, 6) is 0.151. The van der Waals surface area contributed by atoms with Crippen molar-refractivity contribution in [2.75, 3.05) is 18.6 Å². The fourth-order valence-corrected chi connectivity index (χ4v) is 4.47. The van der Waals surface area contributed by atoms with E-state index in [9.17, 15) is 14.4 Å². The number of thioether (sulfide) groups is 1. The van der Waals surface area contributed by atoms with Crippen molar-refractivity contribution in [2.45, 2.75) is 97.4 Å². The van der Waals surface area contributed by atoms with Crippen LogP contribution in [-0.2, 0) is 14.3 Å². The van der Waals surface area contributed by atoms with Crippen LogP contribution in [0.15, 0.2) is 30.8 Å². The molecule has 0 heterocycles. The number of hydrogen-bond acceptors (Lipinski definition) is 5. The van der Waals surface area contributed by atoms with Crippen molar-refractivity contribution in [1.29, 1.82) is 0 Å². The van der Waals surface area contributed by atoms with Gasteiger partial charge in [-0.1, -0.05) is 57.5 Å². The van der Waals surface area contributed by atoms with Crippen LogP contribution in [0.4, 0.5) is 4.79 Å². The maximum Gasteiger partial charge on any atom is 0.408 e. The first-order valence-corrected chi connectivity index (χ1v) is 14.7. The number of nitrogens with one attached hydrogen (secondary N) is 2. The Balaban J connectivity index is 3.49. The summed E-state index contributed by atoms with van der Waals surface area (Å²) >= 11 is 1.59. The molecule has 0 fully saturated rings. The standard InChI is InChI=1S/C29H47N3O4S/c1-9-12-18-32(27(34)24(17-19-37-8)31-28(35)36-29(5,6)7)25(26(33)30-21(4)14-10-2)23-16-13-15-22(11-3)20-23/h11,13,15-16,20-21,24-25H,3,9-10,12,14,17-19H2,1-2,4-8H3,(H,30,33)(H,31,35). The molecule has 0 aromatic heterocycles. The highest BCUT2D eigenvalue weighted by atomic mass is 32.2. The molecule has 3 unspecified atom stereocenters. The van der Waals surface area contributed by atoms with Crippen LogP contribution in [0.2, 0.25) is 0 Å². The van der Waals surface area contributed by atoms with Crippen LogP contribution >= 0.6 is 11.8 Å². The van der Waals surface area contributed by atoms with Gasteiger partial charge in [0.2, 0.25) is 11.8 Å². The first-order chi connectivity index (χ1) is 17.5. The second-order valence-corrected chi connectivity index (χ2v) is 11.3. The molecular formula is C29H47N3O4S. The van der Waals surface area contributed by atoms with Crippen molar-refractivity contribution in [3.05, 3.63) is 42.0 Å². The van der Waals surface area contributed by atoms with Gasteiger partial charge in [-0.25, -0.2) is 4.79 Å². The maximum absolute atomic E-state index is 14.1. The Morgan fingerprint density at radius 1 is 1.14 bits per heavy atom. The summed E-state index contributed by atoms with van der Waals surface area (Å²) in [7, 11) is 0. The molecule has 1 aromatic carbocycles. The van der Waals surface area contributed by atoms with E-state index in [2.05, 4.69) is 24.1 Å². The fourth-order valence-electron chi connectivity index (χ4n) is 3.99. The van der Waals surface area contributed by atoms with Crippen LogP contribution in [0.1, 0.15) is 90.8 Å². The lowest BCUT2D eigenvalue weighted by Gasteiger charge is -2.35. The van der Waals surface area contributed by atoms with Crippen LogP contribution in [0, 0.1) is 0 Å². The van der Waals surface area contributed by atoms with Crippen LogP contribution in [0.5, 0.6) is 0 Å². The Labute approximate surface area is 228 Å². The topological polar surface area (TPSA) is 87.7 Å². The maximum atomic E-state index is 14.1. The fraction of sp³-hybridized carbons (Fsp3) is 0.621. The number of unbranched alkanes of at least 4 members (excludes halogenated alkanes) is 1. The highest BCUT2D eigenvalue weighted by molar-refractivity contribution is 7.98. The van der Waals surface area contributed by atoms with Crippen molar-refractivity contribution < 1.29 is 19.1 Å². The van der Waals surface area contributed by atoms with Gasteiger partial charge >= 0.3 is 6.09 Å². The summed E-state index contributed by atoms with van der Waals surface area (Å²) in [4.78, 5) is 42.1. The van der Waals surface area contributed by atoms with E-state index in [1.54, 1.807) is 43.5 Å². The largest absolute Gasteiger partial charge is 0.444 e. The van der Waals surface area contributed by atoms with Gasteiger partial charge in [0.1, 0.15) is 17.7 Å². The number of amides is 3. The number of benzene rings is 1. The molecule has 7 nitrogen and oxygen atoms in total. The smallest absolute Gasteiger partial charge is 0.408 e. The van der Waals surface area contributed by atoms with E-state index < -0.39 is 23.8 Å². The van der Waals surface area contributed by atoms with E-state index in [4.69, 9.17) is 4.74 Å². The van der Waals surface area contributed by atoms with E-state index >= 15 is 0 Å². The molecule has 2 N–H and O–H groups in total. The van der Waals surface area contributed by atoms with E-state index in [0.29, 0.717) is 24.3 Å². The molecule has 0 spiro atoms. The van der Waals surface area contributed by atoms with Crippen molar-refractivity contribution in [2.24, 2.45) is 0 Å². The third-order valence-corrected chi connectivity index (χ3v) is 6.41. The van der Waals surface area contributed by atoms with Gasteiger partial charge in [-0.05, 0) is 76.2 Å². The summed E-state index contributed by atoms with van der Waals surface area (Å²) in [6, 6.07) is 5.86. The number of nitrogens with zero attached hydrogens (tertiary/aromatic N) is 1. The Bertz CT molecular complexity index is 884. The van der Waals surface area contributed by atoms with Gasteiger partial charge < -0.3 is 20.3 Å². The van der Waals surface area contributed by atoms with Crippen molar-refractivity contribution >= 4 is 35.7 Å². The van der Waals surface area contributed by atoms with Gasteiger partial charge in [0.25, 0.3) is 0 Å². The third kappa shape index (κ3) is 11.6. The highest BCUT2D eigenvalue weighted by Crippen LogP contribution is 2.26. The Morgan fingerprint density at radius 2 is 1.84 bits per heavy atom. The number of rotatable bonds is 15. The zero-order chi connectivity index (χ0) is 28.0. The molecule has 37 heavy (non-hydrogen) atoms. The van der Waals surface area contributed by atoms with Gasteiger partial charge in [-0.2, -0.15) is 11.8 Å². The lowest BCUT2D eigenvalue weighted by molar-refractivity contribution is -0.142. The monoisotopic (exact) mass is 533 g/mol. The Morgan fingerprint density at radius 3 is 2.41 bits per heavy atom. The molecule has 0 saturated carbocycles. The van der Waals surface area contributed by atoms with Crippen molar-refractivity contribution in [1.82, 2.24) is 15.5 Å². The van der Waals surface area contributed by atoms with Gasteiger partial charge in [0, 0.05) is 12.6 Å². The molecule has 0 radical (unpaired) electrons. The minimum Gasteiger partial charge on any atom is -0.444 e. The quantitative estimate of drug-likeness (QED) is 0.291. The van der Waals surface area contributed by atoms with E-state index in [1.165, 1.54) is 0 Å². The van der Waals surface area contributed by atoms with Crippen LogP contribution in [0.3, 0.4) is 0 Å².